The second-order valence-electron chi connectivity index (χ2n) is 4.37. The first-order valence-corrected chi connectivity index (χ1v) is 7.09. The van der Waals surface area contributed by atoms with Crippen molar-refractivity contribution in [3.05, 3.63) is 23.8 Å². The highest BCUT2D eigenvalue weighted by molar-refractivity contribution is 7.98. The fourth-order valence-electron chi connectivity index (χ4n) is 2.36. The number of hydrogen-bond acceptors (Lipinski definition) is 3. The molecule has 16 heavy (non-hydrogen) atoms. The van der Waals surface area contributed by atoms with Gasteiger partial charge in [0.2, 0.25) is 0 Å². The number of hydrogen-bond donors (Lipinski definition) is 2. The summed E-state index contributed by atoms with van der Waals surface area (Å²) in [6.45, 7) is 2.27. The second kappa shape index (κ2) is 5.60. The lowest BCUT2D eigenvalue weighted by Gasteiger charge is -2.23. The summed E-state index contributed by atoms with van der Waals surface area (Å²) in [5.74, 6) is 1.20. The summed E-state index contributed by atoms with van der Waals surface area (Å²) < 4.78 is 0. The molecule has 2 N–H and O–H groups in total. The first-order valence-electron chi connectivity index (χ1n) is 5.87. The lowest BCUT2D eigenvalue weighted by molar-refractivity contribution is 0.370. The fraction of sp³-hybridized carbons (Fsp3) is 0.538. The molecule has 2 rings (SSSR count). The number of piperidine rings is 1. The summed E-state index contributed by atoms with van der Waals surface area (Å²) in [5, 5.41) is 13.2. The van der Waals surface area contributed by atoms with E-state index in [9.17, 15) is 5.11 Å². The van der Waals surface area contributed by atoms with Gasteiger partial charge in [-0.15, -0.1) is 11.8 Å². The second-order valence-corrected chi connectivity index (χ2v) is 5.18. The van der Waals surface area contributed by atoms with Crippen molar-refractivity contribution in [3.63, 3.8) is 0 Å². The van der Waals surface area contributed by atoms with Crippen LogP contribution in [0, 0.1) is 5.92 Å². The summed E-state index contributed by atoms with van der Waals surface area (Å²) in [6, 6.07) is 5.87. The topological polar surface area (TPSA) is 32.3 Å². The molecule has 1 aromatic rings. The van der Waals surface area contributed by atoms with Crippen LogP contribution in [0.15, 0.2) is 23.1 Å². The van der Waals surface area contributed by atoms with E-state index in [0.29, 0.717) is 5.75 Å². The van der Waals surface area contributed by atoms with Gasteiger partial charge in [-0.3, -0.25) is 0 Å². The molecule has 1 fully saturated rings. The summed E-state index contributed by atoms with van der Waals surface area (Å²) in [4.78, 5) is 1.06. The average Bonchev–Trinajstić information content (AvgIpc) is 2.31. The molecule has 0 bridgehead atoms. The standard InChI is InChI=1S/C13H19NOS/c1-16-13-11(3-2-4-12(13)15)9-10-5-7-14-8-6-10/h2-4,10,14-15H,5-9H2,1H3. The van der Waals surface area contributed by atoms with Crippen molar-refractivity contribution in [1.29, 1.82) is 0 Å². The molecule has 1 saturated heterocycles. The summed E-state index contributed by atoms with van der Waals surface area (Å²) in [7, 11) is 0. The molecule has 1 aliphatic heterocycles. The Morgan fingerprint density at radius 3 is 2.81 bits per heavy atom. The number of rotatable bonds is 3. The lowest BCUT2D eigenvalue weighted by atomic mass is 9.91. The van der Waals surface area contributed by atoms with Gasteiger partial charge in [0, 0.05) is 0 Å². The van der Waals surface area contributed by atoms with Crippen LogP contribution in [0.25, 0.3) is 0 Å². The number of phenols is 1. The normalized spacial score (nSPS) is 17.6. The molecular formula is C13H19NOS. The number of aromatic hydroxyl groups is 1. The van der Waals surface area contributed by atoms with E-state index < -0.39 is 0 Å². The third-order valence-electron chi connectivity index (χ3n) is 3.25. The molecule has 1 aromatic carbocycles. The Morgan fingerprint density at radius 2 is 2.12 bits per heavy atom. The maximum atomic E-state index is 9.79. The van der Waals surface area contributed by atoms with E-state index in [0.717, 1.165) is 30.3 Å². The molecule has 0 aromatic heterocycles. The van der Waals surface area contributed by atoms with E-state index in [2.05, 4.69) is 11.4 Å². The predicted octanol–water partition coefficient (Wildman–Crippen LogP) is 2.66. The molecule has 0 atom stereocenters. The summed E-state index contributed by atoms with van der Waals surface area (Å²) >= 11 is 1.64. The van der Waals surface area contributed by atoms with Gasteiger partial charge in [0.25, 0.3) is 0 Å². The minimum absolute atomic E-state index is 0.430. The molecule has 0 radical (unpaired) electrons. The Labute approximate surface area is 101 Å². The molecule has 1 aliphatic rings. The number of thioether (sulfide) groups is 1. The van der Waals surface area contributed by atoms with E-state index in [-0.39, 0.29) is 0 Å². The molecule has 2 nitrogen and oxygen atoms in total. The number of benzene rings is 1. The highest BCUT2D eigenvalue weighted by Gasteiger charge is 2.16. The van der Waals surface area contributed by atoms with Crippen LogP contribution in [-0.4, -0.2) is 24.5 Å². The van der Waals surface area contributed by atoms with Crippen LogP contribution < -0.4 is 5.32 Å². The zero-order chi connectivity index (χ0) is 11.4. The van der Waals surface area contributed by atoms with E-state index in [4.69, 9.17) is 0 Å². The van der Waals surface area contributed by atoms with E-state index in [1.165, 1.54) is 18.4 Å². The zero-order valence-electron chi connectivity index (χ0n) is 9.70. The Morgan fingerprint density at radius 1 is 1.38 bits per heavy atom. The Bertz CT molecular complexity index is 348. The quantitative estimate of drug-likeness (QED) is 0.793. The van der Waals surface area contributed by atoms with Crippen molar-refractivity contribution in [1.82, 2.24) is 5.32 Å². The van der Waals surface area contributed by atoms with Crippen LogP contribution >= 0.6 is 11.8 Å². The molecule has 0 aliphatic carbocycles. The maximum absolute atomic E-state index is 9.79. The maximum Gasteiger partial charge on any atom is 0.129 e. The third kappa shape index (κ3) is 2.71. The molecule has 3 heteroatoms. The minimum atomic E-state index is 0.430. The van der Waals surface area contributed by atoms with Gasteiger partial charge in [0.1, 0.15) is 5.75 Å². The number of phenolic OH excluding ortho intramolecular Hbond substituents is 1. The van der Waals surface area contributed by atoms with Crippen molar-refractivity contribution in [3.8, 4) is 5.75 Å². The van der Waals surface area contributed by atoms with Crippen molar-refractivity contribution >= 4 is 11.8 Å². The van der Waals surface area contributed by atoms with Gasteiger partial charge in [0.15, 0.2) is 0 Å². The summed E-state index contributed by atoms with van der Waals surface area (Å²) in [6.07, 6.45) is 5.64. The molecule has 88 valence electrons. The molecule has 1 heterocycles. The van der Waals surface area contributed by atoms with Gasteiger partial charge in [0.05, 0.1) is 4.90 Å². The highest BCUT2D eigenvalue weighted by Crippen LogP contribution is 2.32. The van der Waals surface area contributed by atoms with Gasteiger partial charge in [-0.25, -0.2) is 0 Å². The van der Waals surface area contributed by atoms with Crippen LogP contribution in [0.2, 0.25) is 0 Å². The van der Waals surface area contributed by atoms with E-state index in [1.807, 2.05) is 12.3 Å². The molecule has 0 saturated carbocycles. The van der Waals surface area contributed by atoms with E-state index >= 15 is 0 Å². The van der Waals surface area contributed by atoms with Crippen LogP contribution in [0.1, 0.15) is 18.4 Å². The smallest absolute Gasteiger partial charge is 0.129 e. The first kappa shape index (κ1) is 11.8. The van der Waals surface area contributed by atoms with E-state index in [1.54, 1.807) is 17.8 Å². The third-order valence-corrected chi connectivity index (χ3v) is 4.13. The van der Waals surface area contributed by atoms with Gasteiger partial charge in [-0.05, 0) is 56.2 Å². The average molecular weight is 237 g/mol. The Balaban J connectivity index is 2.10. The molecule has 0 spiro atoms. The van der Waals surface area contributed by atoms with Crippen LogP contribution in [0.3, 0.4) is 0 Å². The van der Waals surface area contributed by atoms with Crippen molar-refractivity contribution in [2.75, 3.05) is 19.3 Å². The van der Waals surface area contributed by atoms with Crippen molar-refractivity contribution in [2.45, 2.75) is 24.2 Å². The predicted molar refractivity (Wildman–Crippen MR) is 69.2 cm³/mol. The van der Waals surface area contributed by atoms with Crippen molar-refractivity contribution in [2.24, 2.45) is 5.92 Å². The van der Waals surface area contributed by atoms with Gasteiger partial charge in [-0.2, -0.15) is 0 Å². The molecular weight excluding hydrogens is 218 g/mol. The van der Waals surface area contributed by atoms with Gasteiger partial charge < -0.3 is 10.4 Å². The summed E-state index contributed by atoms with van der Waals surface area (Å²) in [5.41, 5.74) is 1.31. The van der Waals surface area contributed by atoms with Gasteiger partial charge >= 0.3 is 0 Å². The fourth-order valence-corrected chi connectivity index (χ4v) is 3.06. The van der Waals surface area contributed by atoms with Crippen molar-refractivity contribution < 1.29 is 5.11 Å². The molecule has 0 unspecified atom stereocenters. The van der Waals surface area contributed by atoms with Gasteiger partial charge in [-0.1, -0.05) is 12.1 Å². The van der Waals surface area contributed by atoms with Crippen LogP contribution in [0.5, 0.6) is 5.75 Å². The minimum Gasteiger partial charge on any atom is -0.507 e. The lowest BCUT2D eigenvalue weighted by Crippen LogP contribution is -2.28. The first-order chi connectivity index (χ1) is 7.81. The highest BCUT2D eigenvalue weighted by atomic mass is 32.2. The van der Waals surface area contributed by atoms with Crippen LogP contribution in [0.4, 0.5) is 0 Å². The monoisotopic (exact) mass is 237 g/mol. The zero-order valence-corrected chi connectivity index (χ0v) is 10.5. The Hall–Kier alpha value is -0.670. The molecule has 0 amide bonds. The Kier molecular flexibility index (Phi) is 4.13. The van der Waals surface area contributed by atoms with Crippen LogP contribution in [-0.2, 0) is 6.42 Å². The number of nitrogens with one attached hydrogen (secondary N) is 1. The largest absolute Gasteiger partial charge is 0.507 e. The SMILES string of the molecule is CSc1c(O)cccc1CC1CCNCC1.